The van der Waals surface area contributed by atoms with Crippen LogP contribution in [0.5, 0.6) is 0 Å². The zero-order chi connectivity index (χ0) is 17.9. The number of benzene rings is 2. The molecule has 4 nitrogen and oxygen atoms in total. The summed E-state index contributed by atoms with van der Waals surface area (Å²) in [7, 11) is 0. The van der Waals surface area contributed by atoms with Crippen molar-refractivity contribution in [2.24, 2.45) is 0 Å². The lowest BCUT2D eigenvalue weighted by atomic mass is 9.96. The third kappa shape index (κ3) is 4.02. The maximum Gasteiger partial charge on any atom is 0.317 e. The number of carbonyl (C=O) groups excluding carboxylic acids is 2. The van der Waals surface area contributed by atoms with Crippen LogP contribution in [0.1, 0.15) is 36.9 Å². The predicted molar refractivity (Wildman–Crippen MR) is 96.3 cm³/mol. The van der Waals surface area contributed by atoms with Crippen molar-refractivity contribution < 1.29 is 14.3 Å². The summed E-state index contributed by atoms with van der Waals surface area (Å²) < 4.78 is 5.27. The fourth-order valence-electron chi connectivity index (χ4n) is 2.88. The van der Waals surface area contributed by atoms with Crippen molar-refractivity contribution in [3.05, 3.63) is 70.7 Å². The Labute approximate surface area is 152 Å². The summed E-state index contributed by atoms with van der Waals surface area (Å²) in [4.78, 5) is 24.5. The zero-order valence-electron chi connectivity index (χ0n) is 14.0. The molecule has 0 bridgehead atoms. The highest BCUT2D eigenvalue weighted by Gasteiger charge is 2.52. The van der Waals surface area contributed by atoms with Crippen molar-refractivity contribution in [2.45, 2.75) is 31.2 Å². The van der Waals surface area contributed by atoms with Crippen LogP contribution < -0.4 is 5.32 Å². The first-order chi connectivity index (χ1) is 12.0. The first-order valence-electron chi connectivity index (χ1n) is 8.29. The number of hydrogen-bond acceptors (Lipinski definition) is 3. The van der Waals surface area contributed by atoms with E-state index in [4.69, 9.17) is 16.3 Å². The van der Waals surface area contributed by atoms with E-state index in [1.807, 2.05) is 49.4 Å². The molecule has 2 aromatic rings. The van der Waals surface area contributed by atoms with Crippen molar-refractivity contribution in [1.82, 2.24) is 5.32 Å². The average Bonchev–Trinajstić information content (AvgIpc) is 3.43. The van der Waals surface area contributed by atoms with Gasteiger partial charge >= 0.3 is 5.97 Å². The second-order valence-electron chi connectivity index (χ2n) is 6.37. The molecule has 0 unspecified atom stereocenters. The highest BCUT2D eigenvalue weighted by atomic mass is 35.5. The molecule has 0 spiro atoms. The number of hydrogen-bond donors (Lipinski definition) is 1. The maximum absolute atomic E-state index is 12.4. The molecule has 3 rings (SSSR count). The van der Waals surface area contributed by atoms with Gasteiger partial charge in [-0.2, -0.15) is 0 Å². The zero-order valence-corrected chi connectivity index (χ0v) is 14.8. The number of nitrogens with one attached hydrogen (secondary N) is 1. The highest BCUT2D eigenvalue weighted by molar-refractivity contribution is 6.30. The SMILES string of the molecule is C[C@H](NC(=O)COC(=O)C1(c2ccccc2)CC1)c1ccc(Cl)cc1. The van der Waals surface area contributed by atoms with Crippen molar-refractivity contribution >= 4 is 23.5 Å². The van der Waals surface area contributed by atoms with Crippen LogP contribution in [-0.2, 0) is 19.7 Å². The third-order valence-electron chi connectivity index (χ3n) is 4.55. The number of rotatable bonds is 6. The van der Waals surface area contributed by atoms with Gasteiger partial charge in [0.2, 0.25) is 0 Å². The first-order valence-corrected chi connectivity index (χ1v) is 8.67. The van der Waals surface area contributed by atoms with E-state index in [0.29, 0.717) is 5.02 Å². The fraction of sp³-hybridized carbons (Fsp3) is 0.300. The van der Waals surface area contributed by atoms with Crippen molar-refractivity contribution in [3.63, 3.8) is 0 Å². The van der Waals surface area contributed by atoms with Crippen LogP contribution in [0.4, 0.5) is 0 Å². The van der Waals surface area contributed by atoms with Gasteiger partial charge in [0.1, 0.15) is 0 Å². The minimum Gasteiger partial charge on any atom is -0.455 e. The summed E-state index contributed by atoms with van der Waals surface area (Å²) in [5, 5.41) is 3.47. The van der Waals surface area contributed by atoms with Gasteiger partial charge in [-0.1, -0.05) is 54.1 Å². The molecule has 0 heterocycles. The van der Waals surface area contributed by atoms with E-state index in [-0.39, 0.29) is 24.5 Å². The molecule has 1 aliphatic rings. The van der Waals surface area contributed by atoms with Gasteiger partial charge in [0, 0.05) is 5.02 Å². The Bertz CT molecular complexity index is 754. The molecule has 5 heteroatoms. The predicted octanol–water partition coefficient (Wildman–Crippen LogP) is 3.79. The number of halogens is 1. The second-order valence-corrected chi connectivity index (χ2v) is 6.80. The van der Waals surface area contributed by atoms with Crippen LogP contribution in [0.25, 0.3) is 0 Å². The number of amides is 1. The fourth-order valence-corrected chi connectivity index (χ4v) is 3.01. The maximum atomic E-state index is 12.4. The van der Waals surface area contributed by atoms with E-state index in [0.717, 1.165) is 24.0 Å². The van der Waals surface area contributed by atoms with Crippen molar-refractivity contribution in [3.8, 4) is 0 Å². The largest absolute Gasteiger partial charge is 0.455 e. The normalized spacial score (nSPS) is 15.9. The van der Waals surface area contributed by atoms with Crippen molar-refractivity contribution in [1.29, 1.82) is 0 Å². The smallest absolute Gasteiger partial charge is 0.317 e. The quantitative estimate of drug-likeness (QED) is 0.800. The monoisotopic (exact) mass is 357 g/mol. The Morgan fingerprint density at radius 1 is 1.12 bits per heavy atom. The van der Waals surface area contributed by atoms with Gasteiger partial charge in [-0.25, -0.2) is 0 Å². The summed E-state index contributed by atoms with van der Waals surface area (Å²) in [6.07, 6.45) is 1.53. The molecular formula is C20H20ClNO3. The molecule has 0 saturated heterocycles. The van der Waals surface area contributed by atoms with E-state index in [1.165, 1.54) is 0 Å². The van der Waals surface area contributed by atoms with Crippen molar-refractivity contribution in [2.75, 3.05) is 6.61 Å². The van der Waals surface area contributed by atoms with E-state index >= 15 is 0 Å². The Kier molecular flexibility index (Phi) is 5.09. The Morgan fingerprint density at radius 3 is 2.36 bits per heavy atom. The van der Waals surface area contributed by atoms with Crippen LogP contribution in [0.3, 0.4) is 0 Å². The number of carbonyl (C=O) groups is 2. The van der Waals surface area contributed by atoms with Crippen LogP contribution in [0.2, 0.25) is 5.02 Å². The standard InChI is InChI=1S/C20H20ClNO3/c1-14(15-7-9-17(21)10-8-15)22-18(23)13-25-19(24)20(11-12-20)16-5-3-2-4-6-16/h2-10,14H,11-13H2,1H3,(H,22,23)/t14-/m0/s1. The first kappa shape index (κ1) is 17.5. The summed E-state index contributed by atoms with van der Waals surface area (Å²) >= 11 is 5.86. The molecule has 1 saturated carbocycles. The van der Waals surface area contributed by atoms with Gasteiger partial charge in [0.25, 0.3) is 5.91 Å². The lowest BCUT2D eigenvalue weighted by Gasteiger charge is -2.17. The topological polar surface area (TPSA) is 55.4 Å². The average molecular weight is 358 g/mol. The van der Waals surface area contributed by atoms with Gasteiger partial charge in [-0.15, -0.1) is 0 Å². The molecule has 1 aliphatic carbocycles. The lowest BCUT2D eigenvalue weighted by molar-refractivity contribution is -0.151. The molecule has 25 heavy (non-hydrogen) atoms. The Morgan fingerprint density at radius 2 is 1.76 bits per heavy atom. The summed E-state index contributed by atoms with van der Waals surface area (Å²) in [6, 6.07) is 16.7. The van der Waals surface area contributed by atoms with Crippen LogP contribution in [-0.4, -0.2) is 18.5 Å². The number of ether oxygens (including phenoxy) is 1. The van der Waals surface area contributed by atoms with Crippen LogP contribution in [0.15, 0.2) is 54.6 Å². The van der Waals surface area contributed by atoms with Gasteiger partial charge in [-0.05, 0) is 43.0 Å². The third-order valence-corrected chi connectivity index (χ3v) is 4.80. The molecule has 0 radical (unpaired) electrons. The van der Waals surface area contributed by atoms with Gasteiger partial charge in [0.05, 0.1) is 11.5 Å². The van der Waals surface area contributed by atoms with E-state index in [9.17, 15) is 9.59 Å². The molecular weight excluding hydrogens is 338 g/mol. The molecule has 2 aromatic carbocycles. The van der Waals surface area contributed by atoms with Crippen LogP contribution in [0, 0.1) is 0 Å². The van der Waals surface area contributed by atoms with E-state index in [1.54, 1.807) is 12.1 Å². The minimum atomic E-state index is -0.566. The Hall–Kier alpha value is -2.33. The van der Waals surface area contributed by atoms with Crippen LogP contribution >= 0.6 is 11.6 Å². The van der Waals surface area contributed by atoms with Gasteiger partial charge < -0.3 is 10.1 Å². The summed E-state index contributed by atoms with van der Waals surface area (Å²) in [5.41, 5.74) is 1.32. The molecule has 1 fully saturated rings. The molecule has 1 N–H and O–H groups in total. The minimum absolute atomic E-state index is 0.188. The molecule has 1 atom stereocenters. The summed E-state index contributed by atoms with van der Waals surface area (Å²) in [6.45, 7) is 1.60. The molecule has 1 amide bonds. The molecule has 130 valence electrons. The highest BCUT2D eigenvalue weighted by Crippen LogP contribution is 2.49. The van der Waals surface area contributed by atoms with Gasteiger partial charge in [0.15, 0.2) is 6.61 Å². The number of esters is 1. The Balaban J connectivity index is 1.52. The summed E-state index contributed by atoms with van der Waals surface area (Å²) in [5.74, 6) is -0.646. The molecule has 0 aliphatic heterocycles. The molecule has 0 aromatic heterocycles. The van der Waals surface area contributed by atoms with Gasteiger partial charge in [-0.3, -0.25) is 9.59 Å². The van der Waals surface area contributed by atoms with E-state index in [2.05, 4.69) is 5.32 Å². The lowest BCUT2D eigenvalue weighted by Crippen LogP contribution is -2.33. The second kappa shape index (κ2) is 7.28. The van der Waals surface area contributed by atoms with E-state index < -0.39 is 5.41 Å².